The van der Waals surface area contributed by atoms with E-state index in [2.05, 4.69) is 10.6 Å². The summed E-state index contributed by atoms with van der Waals surface area (Å²) in [6.45, 7) is 1.59. The second kappa shape index (κ2) is 8.57. The molecule has 126 valence electrons. The van der Waals surface area contributed by atoms with Crippen molar-refractivity contribution < 1.29 is 14.3 Å². The Balaban J connectivity index is 1.86. The summed E-state index contributed by atoms with van der Waals surface area (Å²) in [6.07, 6.45) is 0.406. The van der Waals surface area contributed by atoms with Crippen LogP contribution < -0.4 is 15.4 Å². The Hall–Kier alpha value is -2.24. The zero-order chi connectivity index (χ0) is 17.5. The van der Waals surface area contributed by atoms with Crippen molar-refractivity contribution in [2.45, 2.75) is 13.3 Å². The van der Waals surface area contributed by atoms with E-state index in [-0.39, 0.29) is 18.4 Å². The van der Waals surface area contributed by atoms with Crippen LogP contribution in [0.3, 0.4) is 0 Å². The number of hydrogen-bond acceptors (Lipinski definition) is 3. The van der Waals surface area contributed by atoms with Gasteiger partial charge < -0.3 is 15.4 Å². The fourth-order valence-electron chi connectivity index (χ4n) is 1.82. The summed E-state index contributed by atoms with van der Waals surface area (Å²) >= 11 is 11.8. The van der Waals surface area contributed by atoms with Crippen LogP contribution in [0.1, 0.15) is 13.3 Å². The summed E-state index contributed by atoms with van der Waals surface area (Å²) in [4.78, 5) is 23.2. The molecule has 0 unspecified atom stereocenters. The molecule has 2 rings (SSSR count). The lowest BCUT2D eigenvalue weighted by Crippen LogP contribution is -2.20. The first-order valence-electron chi connectivity index (χ1n) is 7.25. The zero-order valence-corrected chi connectivity index (χ0v) is 14.4. The van der Waals surface area contributed by atoms with Crippen LogP contribution in [0.25, 0.3) is 0 Å². The standard InChI is InChI=1S/C17H16Cl2N2O3/c1-2-16(22)20-12-4-6-13(7-5-12)21-17(23)10-24-15-8-3-11(18)9-14(15)19/h3-9H,2,10H2,1H3,(H,20,22)(H,21,23). The average Bonchev–Trinajstić information content (AvgIpc) is 2.55. The molecule has 2 aromatic rings. The highest BCUT2D eigenvalue weighted by atomic mass is 35.5. The Bertz CT molecular complexity index is 733. The van der Waals surface area contributed by atoms with Crippen molar-refractivity contribution in [1.29, 1.82) is 0 Å². The Labute approximate surface area is 149 Å². The molecule has 0 aromatic heterocycles. The smallest absolute Gasteiger partial charge is 0.262 e. The molecule has 0 radical (unpaired) electrons. The van der Waals surface area contributed by atoms with Gasteiger partial charge in [0.25, 0.3) is 5.91 Å². The van der Waals surface area contributed by atoms with E-state index in [9.17, 15) is 9.59 Å². The molecule has 2 amide bonds. The van der Waals surface area contributed by atoms with Crippen LogP contribution in [0.2, 0.25) is 10.0 Å². The van der Waals surface area contributed by atoms with Gasteiger partial charge in [-0.15, -0.1) is 0 Å². The second-order valence-electron chi connectivity index (χ2n) is 4.89. The maximum Gasteiger partial charge on any atom is 0.262 e. The van der Waals surface area contributed by atoms with Gasteiger partial charge in [-0.1, -0.05) is 30.1 Å². The monoisotopic (exact) mass is 366 g/mol. The fourth-order valence-corrected chi connectivity index (χ4v) is 2.28. The van der Waals surface area contributed by atoms with Gasteiger partial charge in [-0.25, -0.2) is 0 Å². The van der Waals surface area contributed by atoms with Crippen molar-refractivity contribution in [1.82, 2.24) is 0 Å². The largest absolute Gasteiger partial charge is 0.482 e. The molecular formula is C17H16Cl2N2O3. The number of ether oxygens (including phenoxy) is 1. The number of benzene rings is 2. The van der Waals surface area contributed by atoms with Crippen LogP contribution in [0.4, 0.5) is 11.4 Å². The quantitative estimate of drug-likeness (QED) is 0.797. The van der Waals surface area contributed by atoms with Gasteiger partial charge in [0.05, 0.1) is 5.02 Å². The van der Waals surface area contributed by atoms with E-state index in [0.717, 1.165) is 0 Å². The van der Waals surface area contributed by atoms with E-state index in [1.165, 1.54) is 0 Å². The highest BCUT2D eigenvalue weighted by Crippen LogP contribution is 2.27. The summed E-state index contributed by atoms with van der Waals surface area (Å²) in [5.41, 5.74) is 1.27. The maximum atomic E-state index is 11.9. The lowest BCUT2D eigenvalue weighted by atomic mass is 10.2. The first-order valence-corrected chi connectivity index (χ1v) is 8.01. The highest BCUT2D eigenvalue weighted by Gasteiger charge is 2.07. The molecule has 2 N–H and O–H groups in total. The number of hydrogen-bond donors (Lipinski definition) is 2. The number of nitrogens with one attached hydrogen (secondary N) is 2. The number of amides is 2. The molecule has 0 aliphatic rings. The van der Waals surface area contributed by atoms with Gasteiger partial charge in [-0.2, -0.15) is 0 Å². The Kier molecular flexibility index (Phi) is 6.46. The Morgan fingerprint density at radius 1 is 0.958 bits per heavy atom. The molecule has 24 heavy (non-hydrogen) atoms. The van der Waals surface area contributed by atoms with Crippen molar-refractivity contribution in [3.8, 4) is 5.75 Å². The normalized spacial score (nSPS) is 10.1. The molecule has 0 fully saturated rings. The van der Waals surface area contributed by atoms with Gasteiger partial charge in [-0.3, -0.25) is 9.59 Å². The molecule has 0 atom stereocenters. The highest BCUT2D eigenvalue weighted by molar-refractivity contribution is 6.35. The molecule has 2 aromatic carbocycles. The molecule has 0 saturated carbocycles. The van der Waals surface area contributed by atoms with E-state index >= 15 is 0 Å². The minimum Gasteiger partial charge on any atom is -0.482 e. The number of carbonyl (C=O) groups is 2. The molecule has 0 saturated heterocycles. The van der Waals surface area contributed by atoms with E-state index in [4.69, 9.17) is 27.9 Å². The van der Waals surface area contributed by atoms with Gasteiger partial charge in [0.2, 0.25) is 5.91 Å². The van der Waals surface area contributed by atoms with Crippen LogP contribution >= 0.6 is 23.2 Å². The lowest BCUT2D eigenvalue weighted by molar-refractivity contribution is -0.118. The molecule has 0 heterocycles. The van der Waals surface area contributed by atoms with E-state index in [1.807, 2.05) is 0 Å². The lowest BCUT2D eigenvalue weighted by Gasteiger charge is -2.10. The van der Waals surface area contributed by atoms with Gasteiger partial charge in [0, 0.05) is 22.8 Å². The molecule has 5 nitrogen and oxygen atoms in total. The average molecular weight is 367 g/mol. The number of halogens is 2. The molecule has 7 heteroatoms. The van der Waals surface area contributed by atoms with Gasteiger partial charge in [-0.05, 0) is 42.5 Å². The first-order chi connectivity index (χ1) is 11.5. The van der Waals surface area contributed by atoms with Crippen LogP contribution in [0.15, 0.2) is 42.5 Å². The maximum absolute atomic E-state index is 11.9. The molecule has 0 aliphatic heterocycles. The summed E-state index contributed by atoms with van der Waals surface area (Å²) < 4.78 is 5.36. The van der Waals surface area contributed by atoms with Crippen molar-refractivity contribution in [2.75, 3.05) is 17.2 Å². The SMILES string of the molecule is CCC(=O)Nc1ccc(NC(=O)COc2ccc(Cl)cc2Cl)cc1. The summed E-state index contributed by atoms with van der Waals surface area (Å²) in [7, 11) is 0. The third kappa shape index (κ3) is 5.44. The Morgan fingerprint density at radius 3 is 2.08 bits per heavy atom. The van der Waals surface area contributed by atoms with E-state index in [0.29, 0.717) is 33.6 Å². The molecule has 0 bridgehead atoms. The van der Waals surface area contributed by atoms with Crippen molar-refractivity contribution in [3.63, 3.8) is 0 Å². The van der Waals surface area contributed by atoms with Gasteiger partial charge >= 0.3 is 0 Å². The summed E-state index contributed by atoms with van der Waals surface area (Å²) in [5, 5.41) is 6.25. The first kappa shape index (κ1) is 18.1. The minimum absolute atomic E-state index is 0.0694. The third-order valence-electron chi connectivity index (χ3n) is 3.03. The third-order valence-corrected chi connectivity index (χ3v) is 3.56. The van der Waals surface area contributed by atoms with E-state index < -0.39 is 0 Å². The van der Waals surface area contributed by atoms with Crippen LogP contribution in [-0.2, 0) is 9.59 Å². The molecular weight excluding hydrogens is 351 g/mol. The number of rotatable bonds is 6. The van der Waals surface area contributed by atoms with Crippen LogP contribution in [0, 0.1) is 0 Å². The summed E-state index contributed by atoms with van der Waals surface area (Å²) in [5.74, 6) is -0.0137. The van der Waals surface area contributed by atoms with Crippen LogP contribution in [0.5, 0.6) is 5.75 Å². The summed E-state index contributed by atoms with van der Waals surface area (Å²) in [6, 6.07) is 11.6. The predicted octanol–water partition coefficient (Wildman–Crippen LogP) is 4.36. The molecule has 0 spiro atoms. The predicted molar refractivity (Wildman–Crippen MR) is 95.9 cm³/mol. The van der Waals surface area contributed by atoms with Crippen molar-refractivity contribution in [2.24, 2.45) is 0 Å². The second-order valence-corrected chi connectivity index (χ2v) is 5.73. The van der Waals surface area contributed by atoms with Crippen LogP contribution in [-0.4, -0.2) is 18.4 Å². The number of carbonyl (C=O) groups excluding carboxylic acids is 2. The van der Waals surface area contributed by atoms with Crippen molar-refractivity contribution in [3.05, 3.63) is 52.5 Å². The van der Waals surface area contributed by atoms with Gasteiger partial charge in [0.1, 0.15) is 5.75 Å². The molecule has 0 aliphatic carbocycles. The van der Waals surface area contributed by atoms with Crippen molar-refractivity contribution >= 4 is 46.4 Å². The topological polar surface area (TPSA) is 67.4 Å². The Morgan fingerprint density at radius 2 is 1.54 bits per heavy atom. The zero-order valence-electron chi connectivity index (χ0n) is 12.9. The minimum atomic E-state index is -0.327. The van der Waals surface area contributed by atoms with Gasteiger partial charge in [0.15, 0.2) is 6.61 Å². The fraction of sp³-hybridized carbons (Fsp3) is 0.176. The van der Waals surface area contributed by atoms with E-state index in [1.54, 1.807) is 49.4 Å². The number of anilines is 2.